The lowest BCUT2D eigenvalue weighted by Gasteiger charge is -2.35. The van der Waals surface area contributed by atoms with Crippen molar-refractivity contribution in [2.75, 3.05) is 6.54 Å². The normalized spacial score (nSPS) is 20.8. The van der Waals surface area contributed by atoms with Gasteiger partial charge in [-0.15, -0.1) is 6.58 Å². The number of carbonyl (C=O) groups excluding carboxylic acids is 1. The molecule has 3 nitrogen and oxygen atoms in total. The van der Waals surface area contributed by atoms with Gasteiger partial charge in [0.05, 0.1) is 6.04 Å². The minimum Gasteiger partial charge on any atom is -0.446 e. The Hall–Kier alpha value is -1.29. The first-order chi connectivity index (χ1) is 9.11. The Morgan fingerprint density at radius 2 is 2.42 bits per heavy atom. The van der Waals surface area contributed by atoms with Gasteiger partial charge in [0, 0.05) is 23.9 Å². The molecule has 1 aliphatic rings. The van der Waals surface area contributed by atoms with Crippen molar-refractivity contribution in [3.63, 3.8) is 0 Å². The molecule has 0 bridgehead atoms. The number of amides is 1. The smallest absolute Gasteiger partial charge is 0.410 e. The molecule has 1 aromatic rings. The molecule has 2 atom stereocenters. The van der Waals surface area contributed by atoms with Gasteiger partial charge in [-0.1, -0.05) is 34.1 Å². The Morgan fingerprint density at radius 3 is 3.05 bits per heavy atom. The van der Waals surface area contributed by atoms with Crippen LogP contribution < -0.4 is 0 Å². The molecule has 0 aromatic heterocycles. The van der Waals surface area contributed by atoms with Crippen molar-refractivity contribution in [3.05, 3.63) is 47.0 Å². The highest BCUT2D eigenvalue weighted by Gasteiger charge is 2.30. The summed E-state index contributed by atoms with van der Waals surface area (Å²) in [5.74, 6) is 0. The Balaban J connectivity index is 2.06. The summed E-state index contributed by atoms with van der Waals surface area (Å²) in [6, 6.07) is 8.04. The van der Waals surface area contributed by atoms with Crippen molar-refractivity contribution in [3.8, 4) is 0 Å². The van der Waals surface area contributed by atoms with Crippen LogP contribution in [0.25, 0.3) is 0 Å². The van der Waals surface area contributed by atoms with Gasteiger partial charge in [-0.25, -0.2) is 4.79 Å². The lowest BCUT2D eigenvalue weighted by Crippen LogP contribution is -2.43. The predicted octanol–water partition coefficient (Wildman–Crippen LogP) is 4.30. The van der Waals surface area contributed by atoms with E-state index >= 15 is 0 Å². The molecule has 2 unspecified atom stereocenters. The third-order valence-electron chi connectivity index (χ3n) is 3.42. The number of halogens is 1. The fourth-order valence-electron chi connectivity index (χ4n) is 2.29. The van der Waals surface area contributed by atoms with E-state index in [1.807, 2.05) is 31.2 Å². The Labute approximate surface area is 122 Å². The molecule has 1 saturated heterocycles. The summed E-state index contributed by atoms with van der Waals surface area (Å²) < 4.78 is 6.44. The van der Waals surface area contributed by atoms with E-state index in [1.54, 1.807) is 11.0 Å². The zero-order chi connectivity index (χ0) is 13.8. The number of nitrogens with zero attached hydrogens (tertiary/aromatic N) is 1. The molecule has 0 aliphatic carbocycles. The van der Waals surface area contributed by atoms with Gasteiger partial charge in [0.1, 0.15) is 6.10 Å². The molecule has 19 heavy (non-hydrogen) atoms. The predicted molar refractivity (Wildman–Crippen MR) is 79.0 cm³/mol. The molecule has 0 spiro atoms. The SMILES string of the molecule is C=CCC1CCN(C(C)c2cccc(Br)c2)C(=O)O1. The highest BCUT2D eigenvalue weighted by Crippen LogP contribution is 2.27. The molecule has 0 radical (unpaired) electrons. The number of hydrogen-bond donors (Lipinski definition) is 0. The van der Waals surface area contributed by atoms with E-state index in [0.717, 1.165) is 29.4 Å². The number of carbonyl (C=O) groups is 1. The van der Waals surface area contributed by atoms with Gasteiger partial charge in [-0.05, 0) is 24.6 Å². The second-order valence-corrected chi connectivity index (χ2v) is 5.66. The summed E-state index contributed by atoms with van der Waals surface area (Å²) in [7, 11) is 0. The number of ether oxygens (including phenoxy) is 1. The van der Waals surface area contributed by atoms with Crippen LogP contribution in [0.5, 0.6) is 0 Å². The fraction of sp³-hybridized carbons (Fsp3) is 0.400. The van der Waals surface area contributed by atoms with E-state index in [-0.39, 0.29) is 18.2 Å². The molecular formula is C15H18BrNO2. The second kappa shape index (κ2) is 6.24. The van der Waals surface area contributed by atoms with Crippen LogP contribution in [0.3, 0.4) is 0 Å². The average Bonchev–Trinajstić information content (AvgIpc) is 2.38. The molecule has 1 aliphatic heterocycles. The van der Waals surface area contributed by atoms with Gasteiger partial charge in [0.25, 0.3) is 0 Å². The van der Waals surface area contributed by atoms with E-state index in [4.69, 9.17) is 4.74 Å². The Kier molecular flexibility index (Phi) is 4.64. The minimum atomic E-state index is -0.231. The van der Waals surface area contributed by atoms with Crippen molar-refractivity contribution in [2.24, 2.45) is 0 Å². The molecule has 1 amide bonds. The van der Waals surface area contributed by atoms with Gasteiger partial charge in [-0.3, -0.25) is 0 Å². The first-order valence-electron chi connectivity index (χ1n) is 6.45. The lowest BCUT2D eigenvalue weighted by atomic mass is 10.1. The zero-order valence-electron chi connectivity index (χ0n) is 11.0. The largest absolute Gasteiger partial charge is 0.446 e. The van der Waals surface area contributed by atoms with E-state index < -0.39 is 0 Å². The van der Waals surface area contributed by atoms with E-state index in [1.165, 1.54) is 0 Å². The van der Waals surface area contributed by atoms with Crippen LogP contribution in [0.4, 0.5) is 4.79 Å². The van der Waals surface area contributed by atoms with Gasteiger partial charge in [-0.2, -0.15) is 0 Å². The van der Waals surface area contributed by atoms with Crippen molar-refractivity contribution in [1.82, 2.24) is 4.90 Å². The molecule has 1 heterocycles. The summed E-state index contributed by atoms with van der Waals surface area (Å²) in [6.07, 6.45) is 3.13. The van der Waals surface area contributed by atoms with E-state index in [2.05, 4.69) is 22.5 Å². The van der Waals surface area contributed by atoms with Gasteiger partial charge in [0.2, 0.25) is 0 Å². The Morgan fingerprint density at radius 1 is 1.63 bits per heavy atom. The van der Waals surface area contributed by atoms with Crippen molar-refractivity contribution < 1.29 is 9.53 Å². The third-order valence-corrected chi connectivity index (χ3v) is 3.92. The lowest BCUT2D eigenvalue weighted by molar-refractivity contribution is 0.0146. The minimum absolute atomic E-state index is 0.0176. The summed E-state index contributed by atoms with van der Waals surface area (Å²) in [5.41, 5.74) is 1.11. The van der Waals surface area contributed by atoms with Gasteiger partial charge < -0.3 is 9.64 Å². The topological polar surface area (TPSA) is 29.5 Å². The molecular weight excluding hydrogens is 306 g/mol. The molecule has 102 valence electrons. The number of hydrogen-bond acceptors (Lipinski definition) is 2. The summed E-state index contributed by atoms with van der Waals surface area (Å²) in [4.78, 5) is 13.8. The Bertz CT molecular complexity index is 475. The fourth-order valence-corrected chi connectivity index (χ4v) is 2.71. The average molecular weight is 324 g/mol. The van der Waals surface area contributed by atoms with Crippen LogP contribution in [-0.2, 0) is 4.74 Å². The van der Waals surface area contributed by atoms with Crippen LogP contribution in [0.1, 0.15) is 31.4 Å². The molecule has 1 aromatic carbocycles. The van der Waals surface area contributed by atoms with Crippen LogP contribution >= 0.6 is 15.9 Å². The van der Waals surface area contributed by atoms with Crippen LogP contribution in [0, 0.1) is 0 Å². The molecule has 2 rings (SSSR count). The van der Waals surface area contributed by atoms with Crippen molar-refractivity contribution >= 4 is 22.0 Å². The van der Waals surface area contributed by atoms with E-state index in [0.29, 0.717) is 0 Å². The standard InChI is InChI=1S/C15H18BrNO2/c1-3-5-14-8-9-17(15(18)19-14)11(2)12-6-4-7-13(16)10-12/h3-4,6-7,10-11,14H,1,5,8-9H2,2H3. The number of benzene rings is 1. The van der Waals surface area contributed by atoms with Crippen LogP contribution in [0.2, 0.25) is 0 Å². The third kappa shape index (κ3) is 3.38. The highest BCUT2D eigenvalue weighted by atomic mass is 79.9. The van der Waals surface area contributed by atoms with Crippen LogP contribution in [0.15, 0.2) is 41.4 Å². The summed E-state index contributed by atoms with van der Waals surface area (Å²) in [5, 5.41) is 0. The van der Waals surface area contributed by atoms with E-state index in [9.17, 15) is 4.79 Å². The maximum Gasteiger partial charge on any atom is 0.410 e. The number of cyclic esters (lactones) is 1. The maximum atomic E-state index is 12.0. The van der Waals surface area contributed by atoms with Crippen LogP contribution in [-0.4, -0.2) is 23.6 Å². The highest BCUT2D eigenvalue weighted by molar-refractivity contribution is 9.10. The molecule has 0 N–H and O–H groups in total. The molecule has 0 saturated carbocycles. The van der Waals surface area contributed by atoms with Gasteiger partial charge in [0.15, 0.2) is 0 Å². The molecule has 4 heteroatoms. The second-order valence-electron chi connectivity index (χ2n) is 4.74. The first kappa shape index (κ1) is 14.1. The van der Waals surface area contributed by atoms with Crippen molar-refractivity contribution in [2.45, 2.75) is 31.9 Å². The summed E-state index contributed by atoms with van der Waals surface area (Å²) in [6.45, 7) is 6.43. The van der Waals surface area contributed by atoms with Gasteiger partial charge >= 0.3 is 6.09 Å². The number of rotatable bonds is 4. The molecule has 1 fully saturated rings. The maximum absolute atomic E-state index is 12.0. The first-order valence-corrected chi connectivity index (χ1v) is 7.24. The monoisotopic (exact) mass is 323 g/mol. The summed E-state index contributed by atoms with van der Waals surface area (Å²) >= 11 is 3.45. The quantitative estimate of drug-likeness (QED) is 0.773. The van der Waals surface area contributed by atoms with Crippen molar-refractivity contribution in [1.29, 1.82) is 0 Å². The zero-order valence-corrected chi connectivity index (χ0v) is 12.6.